The van der Waals surface area contributed by atoms with Crippen LogP contribution in [0.4, 0.5) is 0 Å². The fourth-order valence-corrected chi connectivity index (χ4v) is 2.63. The average Bonchev–Trinajstić information content (AvgIpc) is 2.53. The smallest absolute Gasteiger partial charge is 0.178 e. The molecule has 0 saturated heterocycles. The van der Waals surface area contributed by atoms with Crippen molar-refractivity contribution in [3.05, 3.63) is 20.0 Å². The minimum atomic E-state index is 0.787. The Morgan fingerprint density at radius 2 is 2.23 bits per heavy atom. The summed E-state index contributed by atoms with van der Waals surface area (Å²) in [7, 11) is 0. The standard InChI is InChI=1S/C6H2BrIN4S/c7-3-1-9-2-10-4(3)5-11-12-6(8)13-5/h1-2H. The maximum absolute atomic E-state index is 4.11. The summed E-state index contributed by atoms with van der Waals surface area (Å²) in [6, 6.07) is 0. The first-order chi connectivity index (χ1) is 6.27. The van der Waals surface area contributed by atoms with Crippen LogP contribution in [0.2, 0.25) is 0 Å². The van der Waals surface area contributed by atoms with E-state index in [1.165, 1.54) is 17.7 Å². The molecule has 0 fully saturated rings. The monoisotopic (exact) mass is 368 g/mol. The van der Waals surface area contributed by atoms with Gasteiger partial charge in [-0.1, -0.05) is 11.3 Å². The van der Waals surface area contributed by atoms with Gasteiger partial charge in [0.15, 0.2) is 8.02 Å². The van der Waals surface area contributed by atoms with Gasteiger partial charge in [0.2, 0.25) is 0 Å². The first-order valence-corrected chi connectivity index (χ1v) is 5.91. The summed E-state index contributed by atoms with van der Waals surface area (Å²) >= 11 is 6.98. The molecule has 7 heteroatoms. The van der Waals surface area contributed by atoms with Gasteiger partial charge in [-0.15, -0.1) is 10.2 Å². The van der Waals surface area contributed by atoms with E-state index in [0.717, 1.165) is 18.2 Å². The summed E-state index contributed by atoms with van der Waals surface area (Å²) in [4.78, 5) is 7.98. The van der Waals surface area contributed by atoms with E-state index in [2.05, 4.69) is 58.7 Å². The number of rotatable bonds is 1. The molecule has 0 aliphatic carbocycles. The summed E-state index contributed by atoms with van der Waals surface area (Å²) in [6.45, 7) is 0. The van der Waals surface area contributed by atoms with Gasteiger partial charge in [0.25, 0.3) is 0 Å². The molecular weight excluding hydrogens is 367 g/mol. The zero-order valence-electron chi connectivity index (χ0n) is 6.11. The molecule has 2 aromatic heterocycles. The second kappa shape index (κ2) is 3.93. The van der Waals surface area contributed by atoms with E-state index < -0.39 is 0 Å². The maximum Gasteiger partial charge on any atom is 0.178 e. The zero-order chi connectivity index (χ0) is 9.26. The van der Waals surface area contributed by atoms with E-state index in [9.17, 15) is 0 Å². The highest BCUT2D eigenvalue weighted by Crippen LogP contribution is 2.27. The minimum Gasteiger partial charge on any atom is -0.244 e. The van der Waals surface area contributed by atoms with E-state index in [4.69, 9.17) is 0 Å². The lowest BCUT2D eigenvalue weighted by Crippen LogP contribution is -1.85. The molecule has 0 aliphatic rings. The Morgan fingerprint density at radius 1 is 1.38 bits per heavy atom. The Labute approximate surface area is 100 Å². The molecule has 13 heavy (non-hydrogen) atoms. The Kier molecular flexibility index (Phi) is 2.84. The highest BCUT2D eigenvalue weighted by molar-refractivity contribution is 14.1. The molecule has 0 bridgehead atoms. The number of halogens is 2. The van der Waals surface area contributed by atoms with Crippen LogP contribution in [0.15, 0.2) is 17.0 Å². The summed E-state index contributed by atoms with van der Waals surface area (Å²) in [5, 5.41) is 8.70. The Hall–Kier alpha value is -0.150. The van der Waals surface area contributed by atoms with E-state index >= 15 is 0 Å². The maximum atomic E-state index is 4.11. The molecule has 0 saturated carbocycles. The third kappa shape index (κ3) is 2.02. The van der Waals surface area contributed by atoms with Crippen molar-refractivity contribution in [2.24, 2.45) is 0 Å². The first-order valence-electron chi connectivity index (χ1n) is 3.22. The Morgan fingerprint density at radius 3 is 2.85 bits per heavy atom. The largest absolute Gasteiger partial charge is 0.244 e. The van der Waals surface area contributed by atoms with Gasteiger partial charge in [0.05, 0.1) is 4.47 Å². The van der Waals surface area contributed by atoms with Crippen molar-refractivity contribution in [1.29, 1.82) is 0 Å². The number of nitrogens with zero attached hydrogens (tertiary/aromatic N) is 4. The fourth-order valence-electron chi connectivity index (χ4n) is 0.771. The van der Waals surface area contributed by atoms with Crippen LogP contribution in [0.5, 0.6) is 0 Å². The zero-order valence-corrected chi connectivity index (χ0v) is 10.7. The SMILES string of the molecule is Brc1cncnc1-c1nnc(I)s1. The van der Waals surface area contributed by atoms with Crippen molar-refractivity contribution in [2.75, 3.05) is 0 Å². The highest BCUT2D eigenvalue weighted by atomic mass is 127. The van der Waals surface area contributed by atoms with E-state index in [1.54, 1.807) is 6.20 Å². The highest BCUT2D eigenvalue weighted by Gasteiger charge is 2.09. The van der Waals surface area contributed by atoms with Gasteiger partial charge in [0.1, 0.15) is 12.0 Å². The van der Waals surface area contributed by atoms with Gasteiger partial charge in [0, 0.05) is 6.20 Å². The average molecular weight is 369 g/mol. The minimum absolute atomic E-state index is 0.787. The topological polar surface area (TPSA) is 51.6 Å². The van der Waals surface area contributed by atoms with Crippen LogP contribution in [0.3, 0.4) is 0 Å². The molecule has 66 valence electrons. The third-order valence-corrected chi connectivity index (χ3v) is 3.45. The molecule has 0 unspecified atom stereocenters. The number of hydrogen-bond donors (Lipinski definition) is 0. The van der Waals surface area contributed by atoms with Crippen molar-refractivity contribution in [3.8, 4) is 10.7 Å². The first kappa shape index (κ1) is 9.41. The van der Waals surface area contributed by atoms with Gasteiger partial charge in [-0.3, -0.25) is 0 Å². The van der Waals surface area contributed by atoms with Crippen LogP contribution in [0.25, 0.3) is 10.7 Å². The summed E-state index contributed by atoms with van der Waals surface area (Å²) < 4.78 is 1.74. The van der Waals surface area contributed by atoms with Gasteiger partial charge in [-0.25, -0.2) is 9.97 Å². The summed E-state index contributed by atoms with van der Waals surface area (Å²) in [6.07, 6.45) is 3.19. The van der Waals surface area contributed by atoms with E-state index in [0.29, 0.717) is 0 Å². The van der Waals surface area contributed by atoms with Crippen LogP contribution < -0.4 is 0 Å². The molecule has 2 aromatic rings. The van der Waals surface area contributed by atoms with Crippen LogP contribution in [-0.4, -0.2) is 20.2 Å². The van der Waals surface area contributed by atoms with Gasteiger partial charge < -0.3 is 0 Å². The van der Waals surface area contributed by atoms with E-state index in [1.807, 2.05) is 0 Å². The van der Waals surface area contributed by atoms with Crippen LogP contribution >= 0.6 is 49.9 Å². The van der Waals surface area contributed by atoms with Gasteiger partial charge in [-0.05, 0) is 38.5 Å². The molecule has 4 nitrogen and oxygen atoms in total. The van der Waals surface area contributed by atoms with Crippen LogP contribution in [0, 0.1) is 3.01 Å². The fraction of sp³-hybridized carbons (Fsp3) is 0. The van der Waals surface area contributed by atoms with Crippen molar-refractivity contribution < 1.29 is 0 Å². The molecule has 0 aromatic carbocycles. The molecule has 2 rings (SSSR count). The van der Waals surface area contributed by atoms with Crippen molar-refractivity contribution in [2.45, 2.75) is 0 Å². The summed E-state index contributed by atoms with van der Waals surface area (Å²) in [5.41, 5.74) is 0.787. The Balaban J connectivity index is 2.52. The second-order valence-electron chi connectivity index (χ2n) is 2.08. The molecule has 0 radical (unpaired) electrons. The lowest BCUT2D eigenvalue weighted by Gasteiger charge is -1.94. The molecule has 0 amide bonds. The van der Waals surface area contributed by atoms with Crippen LogP contribution in [-0.2, 0) is 0 Å². The molecule has 0 N–H and O–H groups in total. The van der Waals surface area contributed by atoms with E-state index in [-0.39, 0.29) is 0 Å². The number of aromatic nitrogens is 4. The van der Waals surface area contributed by atoms with Gasteiger partial charge >= 0.3 is 0 Å². The lowest BCUT2D eigenvalue weighted by molar-refractivity contribution is 1.06. The van der Waals surface area contributed by atoms with Crippen molar-refractivity contribution in [1.82, 2.24) is 20.2 Å². The number of hydrogen-bond acceptors (Lipinski definition) is 5. The molecule has 0 aliphatic heterocycles. The van der Waals surface area contributed by atoms with Gasteiger partial charge in [-0.2, -0.15) is 0 Å². The van der Waals surface area contributed by atoms with Crippen molar-refractivity contribution >= 4 is 49.9 Å². The summed E-state index contributed by atoms with van der Waals surface area (Å²) in [5.74, 6) is 0. The van der Waals surface area contributed by atoms with Crippen LogP contribution in [0.1, 0.15) is 0 Å². The predicted octanol–water partition coefficient (Wildman–Crippen LogP) is 2.36. The second-order valence-corrected chi connectivity index (χ2v) is 5.67. The quantitative estimate of drug-likeness (QED) is 0.725. The normalized spacial score (nSPS) is 10.3. The predicted molar refractivity (Wildman–Crippen MR) is 61.4 cm³/mol. The van der Waals surface area contributed by atoms with Crippen molar-refractivity contribution in [3.63, 3.8) is 0 Å². The third-order valence-electron chi connectivity index (χ3n) is 1.27. The molecule has 0 atom stereocenters. The molecular formula is C6H2BrIN4S. The Bertz CT molecular complexity index is 432. The molecule has 0 spiro atoms. The lowest BCUT2D eigenvalue weighted by atomic mass is 10.4. The molecule has 2 heterocycles.